The van der Waals surface area contributed by atoms with Gasteiger partial charge in [0.25, 0.3) is 15.9 Å². The lowest BCUT2D eigenvalue weighted by Crippen LogP contribution is -2.46. The highest BCUT2D eigenvalue weighted by Crippen LogP contribution is 2.34. The molecule has 1 fully saturated rings. The van der Waals surface area contributed by atoms with Crippen molar-refractivity contribution >= 4 is 27.6 Å². The fourth-order valence-electron chi connectivity index (χ4n) is 7.45. The number of aromatic nitrogens is 4. The van der Waals surface area contributed by atoms with Gasteiger partial charge in [-0.2, -0.15) is 10.1 Å². The number of amides is 1. The van der Waals surface area contributed by atoms with Gasteiger partial charge in [-0.3, -0.25) is 19.3 Å². The second-order valence-electron chi connectivity index (χ2n) is 15.4. The minimum absolute atomic E-state index is 0.0728. The maximum Gasteiger partial charge on any atom is 0.264 e. The Morgan fingerprint density at radius 1 is 0.906 bits per heavy atom. The minimum Gasteiger partial charge on any atom is -0.475 e. The molecule has 53 heavy (non-hydrogen) atoms. The zero-order valence-electron chi connectivity index (χ0n) is 31.0. The van der Waals surface area contributed by atoms with Gasteiger partial charge in [-0.05, 0) is 73.4 Å². The van der Waals surface area contributed by atoms with E-state index < -0.39 is 16.1 Å². The summed E-state index contributed by atoms with van der Waals surface area (Å²) < 4.78 is 38.6. The van der Waals surface area contributed by atoms with Gasteiger partial charge in [0.1, 0.15) is 6.61 Å². The summed E-state index contributed by atoms with van der Waals surface area (Å²) in [6.07, 6.45) is 6.14. The molecule has 7 rings (SSSR count). The number of carbonyl (C=O) groups is 1. The third-order valence-corrected chi connectivity index (χ3v) is 11.3. The van der Waals surface area contributed by atoms with E-state index in [0.29, 0.717) is 17.8 Å². The van der Waals surface area contributed by atoms with Gasteiger partial charge in [0.2, 0.25) is 11.8 Å². The van der Waals surface area contributed by atoms with Crippen LogP contribution in [0, 0.1) is 19.3 Å². The predicted molar refractivity (Wildman–Crippen MR) is 207 cm³/mol. The molecule has 0 radical (unpaired) electrons. The van der Waals surface area contributed by atoms with Crippen LogP contribution in [-0.4, -0.2) is 64.7 Å². The lowest BCUT2D eigenvalue weighted by molar-refractivity contribution is 0.0955. The van der Waals surface area contributed by atoms with Crippen molar-refractivity contribution < 1.29 is 17.9 Å². The highest BCUT2D eigenvalue weighted by Gasteiger charge is 2.34. The molecule has 0 spiro atoms. The summed E-state index contributed by atoms with van der Waals surface area (Å²) in [6, 6.07) is 24.0. The Labute approximate surface area is 312 Å². The standard InChI is InChI=1S/C41H47N7O4S/c1-28-11-9-12-29(2)38(28)36-22-37-44-40(43-36)45-53(50,51)35-16-10-15-31(21-35)39(49)48(33(27-52-37)23-41(3,4)5)34-24-42-47(26-34)32-17-19-46(20-18-32)25-30-13-7-6-8-14-30/h6-16,21-22,24,26,32-33H,17-20,23,25,27H2,1-5H3,(H,43,44,45)/t33-/m1/s1. The van der Waals surface area contributed by atoms with Gasteiger partial charge in [-0.15, -0.1) is 0 Å². The Hall–Kier alpha value is -5.07. The molecule has 0 saturated carbocycles. The van der Waals surface area contributed by atoms with Gasteiger partial charge in [0, 0.05) is 43.0 Å². The number of carbonyl (C=O) groups excluding carboxylic acids is 1. The van der Waals surface area contributed by atoms with Crippen molar-refractivity contribution in [3.05, 3.63) is 114 Å². The third kappa shape index (κ3) is 8.29. The lowest BCUT2D eigenvalue weighted by Gasteiger charge is -2.35. The normalized spacial score (nSPS) is 18.3. The predicted octanol–water partition coefficient (Wildman–Crippen LogP) is 7.44. The summed E-state index contributed by atoms with van der Waals surface area (Å²) in [5.41, 5.74) is 5.32. The average Bonchev–Trinajstić information content (AvgIpc) is 3.60. The number of anilines is 2. The number of aryl methyl sites for hydroxylation is 2. The number of piperidine rings is 1. The SMILES string of the molecule is Cc1cccc(C)c1-c1cc2nc(n1)NS(=O)(=O)c1cccc(c1)C(=O)N(c1cnn(C3CCN(Cc4ccccc4)CC3)c1)[C@H](CC(C)(C)C)CO2. The van der Waals surface area contributed by atoms with Crippen LogP contribution < -0.4 is 14.4 Å². The molecule has 1 saturated heterocycles. The fourth-order valence-corrected chi connectivity index (χ4v) is 8.44. The Kier molecular flexibility index (Phi) is 10.1. The number of nitrogens with one attached hydrogen (secondary N) is 1. The molecule has 2 aliphatic heterocycles. The molecule has 276 valence electrons. The second kappa shape index (κ2) is 14.7. The van der Waals surface area contributed by atoms with E-state index in [0.717, 1.165) is 49.2 Å². The summed E-state index contributed by atoms with van der Waals surface area (Å²) >= 11 is 0. The number of rotatable bonds is 6. The van der Waals surface area contributed by atoms with Crippen molar-refractivity contribution in [3.63, 3.8) is 0 Å². The highest BCUT2D eigenvalue weighted by molar-refractivity contribution is 7.92. The first-order chi connectivity index (χ1) is 25.3. The first-order valence-electron chi connectivity index (χ1n) is 18.2. The Morgan fingerprint density at radius 2 is 1.62 bits per heavy atom. The number of hydrogen-bond acceptors (Lipinski definition) is 8. The van der Waals surface area contributed by atoms with Crippen molar-refractivity contribution in [2.45, 2.75) is 77.4 Å². The van der Waals surface area contributed by atoms with Crippen molar-refractivity contribution in [1.82, 2.24) is 24.6 Å². The Bertz CT molecular complexity index is 2190. The summed E-state index contributed by atoms with van der Waals surface area (Å²) in [7, 11) is -4.18. The van der Waals surface area contributed by atoms with Crippen LogP contribution >= 0.6 is 0 Å². The average molecular weight is 734 g/mol. The molecule has 4 heterocycles. The molecule has 0 unspecified atom stereocenters. The van der Waals surface area contributed by atoms with Crippen LogP contribution in [0.15, 0.2) is 96.2 Å². The Balaban J connectivity index is 1.26. The molecule has 1 N–H and O–H groups in total. The van der Waals surface area contributed by atoms with Gasteiger partial charge in [-0.25, -0.2) is 18.1 Å². The van der Waals surface area contributed by atoms with Crippen molar-refractivity contribution in [2.75, 3.05) is 29.3 Å². The number of ether oxygens (including phenoxy) is 1. The molecule has 3 aromatic carbocycles. The van der Waals surface area contributed by atoms with Crippen LogP contribution in [-0.2, 0) is 16.6 Å². The molecule has 11 nitrogen and oxygen atoms in total. The van der Waals surface area contributed by atoms with Crippen molar-refractivity contribution in [1.29, 1.82) is 0 Å². The van der Waals surface area contributed by atoms with Gasteiger partial charge >= 0.3 is 0 Å². The van der Waals surface area contributed by atoms with Gasteiger partial charge < -0.3 is 4.74 Å². The Morgan fingerprint density at radius 3 is 2.34 bits per heavy atom. The summed E-state index contributed by atoms with van der Waals surface area (Å²) in [6.45, 7) is 13.3. The molecule has 1 amide bonds. The molecule has 0 aliphatic carbocycles. The molecule has 5 aromatic rings. The molecular weight excluding hydrogens is 687 g/mol. The zero-order valence-corrected chi connectivity index (χ0v) is 31.8. The summed E-state index contributed by atoms with van der Waals surface area (Å²) in [5.74, 6) is -0.257. The lowest BCUT2D eigenvalue weighted by atomic mass is 9.87. The van der Waals surface area contributed by atoms with Gasteiger partial charge in [0.15, 0.2) is 0 Å². The largest absolute Gasteiger partial charge is 0.475 e. The zero-order chi connectivity index (χ0) is 37.3. The highest BCUT2D eigenvalue weighted by atomic mass is 32.2. The van der Waals surface area contributed by atoms with Crippen LogP contribution in [0.1, 0.15) is 73.1 Å². The van der Waals surface area contributed by atoms with E-state index in [1.54, 1.807) is 29.3 Å². The molecular formula is C41H47N7O4S. The maximum absolute atomic E-state index is 14.7. The van der Waals surface area contributed by atoms with Crippen LogP contribution in [0.2, 0.25) is 0 Å². The summed E-state index contributed by atoms with van der Waals surface area (Å²) in [4.78, 5) is 28.0. The van der Waals surface area contributed by atoms with E-state index >= 15 is 0 Å². The summed E-state index contributed by atoms with van der Waals surface area (Å²) in [5, 5.41) is 4.81. The topological polar surface area (TPSA) is 123 Å². The minimum atomic E-state index is -4.18. The molecule has 2 aliphatic rings. The third-order valence-electron chi connectivity index (χ3n) is 9.96. The van der Waals surface area contributed by atoms with Crippen LogP contribution in [0.3, 0.4) is 0 Å². The number of sulfonamides is 1. The first-order valence-corrected chi connectivity index (χ1v) is 19.7. The molecule has 4 bridgehead atoms. The maximum atomic E-state index is 14.7. The van der Waals surface area contributed by atoms with Crippen LogP contribution in [0.4, 0.5) is 11.6 Å². The first kappa shape index (κ1) is 36.3. The van der Waals surface area contributed by atoms with Gasteiger partial charge in [0.05, 0.1) is 34.6 Å². The molecule has 1 atom stereocenters. The monoisotopic (exact) mass is 733 g/mol. The van der Waals surface area contributed by atoms with E-state index in [2.05, 4.69) is 64.6 Å². The van der Waals surface area contributed by atoms with Gasteiger partial charge in [-0.1, -0.05) is 75.4 Å². The van der Waals surface area contributed by atoms with Crippen molar-refractivity contribution in [2.24, 2.45) is 5.41 Å². The number of likely N-dealkylation sites (tertiary alicyclic amines) is 1. The van der Waals surface area contributed by atoms with Crippen LogP contribution in [0.5, 0.6) is 5.88 Å². The van der Waals surface area contributed by atoms with E-state index in [1.807, 2.05) is 49.0 Å². The van der Waals surface area contributed by atoms with Crippen LogP contribution in [0.25, 0.3) is 11.3 Å². The van der Waals surface area contributed by atoms with E-state index in [1.165, 1.54) is 17.7 Å². The van der Waals surface area contributed by atoms with E-state index in [4.69, 9.17) is 9.84 Å². The van der Waals surface area contributed by atoms with E-state index in [-0.39, 0.29) is 46.3 Å². The molecule has 12 heteroatoms. The number of hydrogen-bond donors (Lipinski definition) is 1. The quantitative estimate of drug-likeness (QED) is 0.191. The number of benzene rings is 3. The number of fused-ring (bicyclic) bond motifs is 4. The van der Waals surface area contributed by atoms with Crippen molar-refractivity contribution in [3.8, 4) is 17.1 Å². The fraction of sp³-hybridized carbons (Fsp3) is 0.366. The second-order valence-corrected chi connectivity index (χ2v) is 17.1. The van der Waals surface area contributed by atoms with E-state index in [9.17, 15) is 13.2 Å². The number of nitrogens with zero attached hydrogens (tertiary/aromatic N) is 6. The smallest absolute Gasteiger partial charge is 0.264 e. The molecule has 2 aromatic heterocycles.